The second kappa shape index (κ2) is 8.60. The van der Waals surface area contributed by atoms with E-state index in [0.29, 0.717) is 19.5 Å². The van der Waals surface area contributed by atoms with E-state index in [-0.39, 0.29) is 0 Å². The Balaban J connectivity index is 1.91. The molecule has 0 aromatic heterocycles. The van der Waals surface area contributed by atoms with Gasteiger partial charge in [0.1, 0.15) is 0 Å². The zero-order valence-corrected chi connectivity index (χ0v) is 14.3. The van der Waals surface area contributed by atoms with Gasteiger partial charge in [0.2, 0.25) is 0 Å². The number of aliphatic hydroxyl groups is 1. The van der Waals surface area contributed by atoms with Crippen molar-refractivity contribution in [3.8, 4) is 0 Å². The Kier molecular flexibility index (Phi) is 6.50. The topological polar surface area (TPSA) is 44.3 Å². The van der Waals surface area contributed by atoms with Crippen LogP contribution < -0.4 is 10.6 Å². The van der Waals surface area contributed by atoms with Crippen LogP contribution >= 0.6 is 0 Å². The minimum Gasteiger partial charge on any atom is -0.363 e. The maximum absolute atomic E-state index is 10.7. The Bertz CT molecular complexity index is 604. The summed E-state index contributed by atoms with van der Waals surface area (Å²) in [5.74, 6) is -1.10. The molecule has 0 amide bonds. The van der Waals surface area contributed by atoms with Gasteiger partial charge in [0.25, 0.3) is 0 Å². The molecule has 3 heteroatoms. The van der Waals surface area contributed by atoms with E-state index in [2.05, 4.69) is 23.8 Å². The molecule has 2 aromatic rings. The molecule has 24 heavy (non-hydrogen) atoms. The largest absolute Gasteiger partial charge is 0.363 e. The highest BCUT2D eigenvalue weighted by atomic mass is 16.3. The molecular weight excluding hydrogens is 296 g/mol. The molecule has 3 nitrogen and oxygen atoms in total. The molecule has 0 bridgehead atoms. The minimum absolute atomic E-state index is 0.558. The van der Waals surface area contributed by atoms with Crippen LogP contribution in [-0.4, -0.2) is 11.0 Å². The van der Waals surface area contributed by atoms with Crippen molar-refractivity contribution in [1.82, 2.24) is 10.6 Å². The highest BCUT2D eigenvalue weighted by molar-refractivity contribution is 5.47. The molecule has 0 aliphatic rings. The lowest BCUT2D eigenvalue weighted by Gasteiger charge is -2.29. The summed E-state index contributed by atoms with van der Waals surface area (Å²) in [6.07, 6.45) is 4.19. The highest BCUT2D eigenvalue weighted by Crippen LogP contribution is 2.10. The fourth-order valence-electron chi connectivity index (χ4n) is 2.35. The van der Waals surface area contributed by atoms with E-state index in [1.807, 2.05) is 67.6 Å². The maximum Gasteiger partial charge on any atom is 0.172 e. The van der Waals surface area contributed by atoms with Gasteiger partial charge in [0, 0.05) is 19.5 Å². The Hall–Kier alpha value is -2.20. The Morgan fingerprint density at radius 1 is 0.833 bits per heavy atom. The van der Waals surface area contributed by atoms with Gasteiger partial charge in [-0.05, 0) is 22.3 Å². The molecule has 0 atom stereocenters. The van der Waals surface area contributed by atoms with Crippen molar-refractivity contribution in [1.29, 1.82) is 0 Å². The van der Waals surface area contributed by atoms with Gasteiger partial charge in [-0.3, -0.25) is 10.6 Å². The lowest BCUT2D eigenvalue weighted by Crippen LogP contribution is -2.55. The average Bonchev–Trinajstić information content (AvgIpc) is 2.65. The Morgan fingerprint density at radius 3 is 1.50 bits per heavy atom. The van der Waals surface area contributed by atoms with Gasteiger partial charge in [-0.25, -0.2) is 0 Å². The summed E-state index contributed by atoms with van der Waals surface area (Å²) in [5, 5.41) is 17.1. The van der Waals surface area contributed by atoms with Gasteiger partial charge >= 0.3 is 0 Å². The number of hydrogen-bond donors (Lipinski definition) is 3. The number of nitrogens with one attached hydrogen (secondary N) is 2. The first-order valence-corrected chi connectivity index (χ1v) is 8.24. The Morgan fingerprint density at radius 2 is 1.21 bits per heavy atom. The van der Waals surface area contributed by atoms with Crippen LogP contribution in [0.1, 0.15) is 35.6 Å². The van der Waals surface area contributed by atoms with Gasteiger partial charge in [-0.15, -0.1) is 0 Å². The molecule has 0 spiro atoms. The van der Waals surface area contributed by atoms with E-state index in [4.69, 9.17) is 0 Å². The van der Waals surface area contributed by atoms with E-state index < -0.39 is 5.85 Å². The summed E-state index contributed by atoms with van der Waals surface area (Å²) in [6.45, 7) is 10.6. The van der Waals surface area contributed by atoms with E-state index in [1.165, 1.54) is 0 Å². The maximum atomic E-state index is 10.7. The van der Waals surface area contributed by atoms with Crippen molar-refractivity contribution < 1.29 is 5.11 Å². The molecule has 126 valence electrons. The zero-order chi connectivity index (χ0) is 17.4. The van der Waals surface area contributed by atoms with Gasteiger partial charge in [-0.1, -0.05) is 80.8 Å². The number of hydrogen-bond acceptors (Lipinski definition) is 3. The molecule has 0 unspecified atom stereocenters. The van der Waals surface area contributed by atoms with Crippen molar-refractivity contribution in [2.75, 3.05) is 0 Å². The molecule has 0 fully saturated rings. The van der Waals surface area contributed by atoms with Crippen LogP contribution in [0.25, 0.3) is 12.2 Å². The molecule has 0 saturated carbocycles. The minimum atomic E-state index is -1.10. The smallest absolute Gasteiger partial charge is 0.172 e. The molecule has 0 radical (unpaired) electrons. The average molecular weight is 322 g/mol. The van der Waals surface area contributed by atoms with Crippen LogP contribution in [-0.2, 0) is 13.1 Å². The first-order chi connectivity index (χ1) is 11.6. The molecule has 0 aliphatic heterocycles. The summed E-state index contributed by atoms with van der Waals surface area (Å²) < 4.78 is 0. The van der Waals surface area contributed by atoms with Gasteiger partial charge in [0.15, 0.2) is 5.85 Å². The summed E-state index contributed by atoms with van der Waals surface area (Å²) in [7, 11) is 0. The predicted molar refractivity (Wildman–Crippen MR) is 102 cm³/mol. The highest BCUT2D eigenvalue weighted by Gasteiger charge is 2.22. The summed E-state index contributed by atoms with van der Waals surface area (Å²) in [4.78, 5) is 0. The normalized spacial score (nSPS) is 11.2. The third-order valence-electron chi connectivity index (χ3n) is 4.11. The lowest BCUT2D eigenvalue weighted by atomic mass is 10.1. The van der Waals surface area contributed by atoms with E-state index in [9.17, 15) is 5.11 Å². The zero-order valence-electron chi connectivity index (χ0n) is 14.3. The second-order valence-corrected chi connectivity index (χ2v) is 5.81. The molecular formula is C21H26N2O. The quantitative estimate of drug-likeness (QED) is 0.613. The van der Waals surface area contributed by atoms with Crippen molar-refractivity contribution in [3.05, 3.63) is 83.9 Å². The number of benzene rings is 2. The van der Waals surface area contributed by atoms with E-state index in [0.717, 1.165) is 22.3 Å². The van der Waals surface area contributed by atoms with Crippen LogP contribution in [0, 0.1) is 0 Å². The summed E-state index contributed by atoms with van der Waals surface area (Å²) in [6, 6.07) is 16.2. The van der Waals surface area contributed by atoms with Crippen molar-refractivity contribution in [3.63, 3.8) is 0 Å². The third-order valence-corrected chi connectivity index (χ3v) is 4.11. The van der Waals surface area contributed by atoms with Crippen LogP contribution in [0.2, 0.25) is 0 Å². The monoisotopic (exact) mass is 322 g/mol. The van der Waals surface area contributed by atoms with Gasteiger partial charge in [-0.2, -0.15) is 0 Å². The fourth-order valence-corrected chi connectivity index (χ4v) is 2.35. The van der Waals surface area contributed by atoms with E-state index in [1.54, 1.807) is 0 Å². The van der Waals surface area contributed by atoms with Crippen LogP contribution in [0.3, 0.4) is 0 Å². The van der Waals surface area contributed by atoms with Gasteiger partial charge < -0.3 is 5.11 Å². The third kappa shape index (κ3) is 5.17. The van der Waals surface area contributed by atoms with Crippen LogP contribution in [0.4, 0.5) is 0 Å². The molecule has 0 heterocycles. The SMILES string of the molecule is C=Cc1ccc(CNC(O)(CC)NCc2ccc(C=C)cc2)cc1. The standard InChI is InChI=1S/C21H26N2O/c1-4-17-7-11-19(12-8-17)15-22-21(24,6-3)23-16-20-13-9-18(5-2)10-14-20/h4-5,7-14,22-24H,1-2,6,15-16H2,3H3. The molecule has 3 N–H and O–H groups in total. The first-order valence-electron chi connectivity index (χ1n) is 8.24. The summed E-state index contributed by atoms with van der Waals surface area (Å²) >= 11 is 0. The molecule has 0 aliphatic carbocycles. The molecule has 0 saturated heterocycles. The van der Waals surface area contributed by atoms with Crippen molar-refractivity contribution in [2.24, 2.45) is 0 Å². The second-order valence-electron chi connectivity index (χ2n) is 5.81. The predicted octanol–water partition coefficient (Wildman–Crippen LogP) is 3.91. The lowest BCUT2D eigenvalue weighted by molar-refractivity contribution is -0.0352. The van der Waals surface area contributed by atoms with Crippen LogP contribution in [0.5, 0.6) is 0 Å². The molecule has 2 rings (SSSR count). The number of rotatable bonds is 9. The van der Waals surface area contributed by atoms with Gasteiger partial charge in [0.05, 0.1) is 0 Å². The fraction of sp³-hybridized carbons (Fsp3) is 0.238. The van der Waals surface area contributed by atoms with Crippen LogP contribution in [0.15, 0.2) is 61.7 Å². The first kappa shape index (κ1) is 18.1. The van der Waals surface area contributed by atoms with Crippen molar-refractivity contribution in [2.45, 2.75) is 32.3 Å². The van der Waals surface area contributed by atoms with Crippen molar-refractivity contribution >= 4 is 12.2 Å². The molecule has 2 aromatic carbocycles. The Labute approximate surface area is 144 Å². The summed E-state index contributed by atoms with van der Waals surface area (Å²) in [5.41, 5.74) is 4.41. The van der Waals surface area contributed by atoms with E-state index >= 15 is 0 Å².